The fraction of sp³-hybridized carbons (Fsp3) is 0.167. The molecule has 0 saturated heterocycles. The van der Waals surface area contributed by atoms with Crippen LogP contribution in [0.3, 0.4) is 0 Å². The third-order valence-corrected chi connectivity index (χ3v) is 2.75. The van der Waals surface area contributed by atoms with Crippen LogP contribution in [0.2, 0.25) is 0 Å². The van der Waals surface area contributed by atoms with Crippen LogP contribution in [0.25, 0.3) is 0 Å². The predicted octanol–water partition coefficient (Wildman–Crippen LogP) is 2.89. The van der Waals surface area contributed by atoms with Gasteiger partial charge >= 0.3 is 6.01 Å². The Morgan fingerprint density at radius 1 is 1.00 bits per heavy atom. The first-order valence-electron chi connectivity index (χ1n) is 5.12. The molecule has 1 aromatic heterocycles. The second-order valence-corrected chi connectivity index (χ2v) is 4.54. The maximum Gasteiger partial charge on any atom is 0.328 e. The number of hydrogen-bond donors (Lipinski definition) is 0. The van der Waals surface area contributed by atoms with E-state index in [1.807, 2.05) is 24.3 Å². The Kier molecular flexibility index (Phi) is 4.19. The van der Waals surface area contributed by atoms with Gasteiger partial charge in [0.25, 0.3) is 0 Å². The van der Waals surface area contributed by atoms with E-state index in [0.29, 0.717) is 17.5 Å². The molecule has 1 heterocycles. The number of benzene rings is 1. The third-order valence-electron chi connectivity index (χ3n) is 2.08. The largest absolute Gasteiger partial charge is 0.481 e. The van der Waals surface area contributed by atoms with Gasteiger partial charge in [0.15, 0.2) is 0 Å². The summed E-state index contributed by atoms with van der Waals surface area (Å²) >= 11 is 2.21. The molecule has 0 aliphatic heterocycles. The molecular weight excluding hydrogens is 347 g/mol. The van der Waals surface area contributed by atoms with Gasteiger partial charge in [-0.3, -0.25) is 0 Å². The van der Waals surface area contributed by atoms with Gasteiger partial charge in [0, 0.05) is 3.57 Å². The molecule has 5 nitrogen and oxygen atoms in total. The van der Waals surface area contributed by atoms with Crippen molar-refractivity contribution in [1.82, 2.24) is 9.97 Å². The normalized spacial score (nSPS) is 9.94. The van der Waals surface area contributed by atoms with E-state index >= 15 is 0 Å². The SMILES string of the molecule is COc1cc(OC)nc(Oc2cccc(I)c2)n1. The van der Waals surface area contributed by atoms with Crippen LogP contribution < -0.4 is 14.2 Å². The van der Waals surface area contributed by atoms with Crippen molar-refractivity contribution in [2.24, 2.45) is 0 Å². The van der Waals surface area contributed by atoms with E-state index in [-0.39, 0.29) is 6.01 Å². The molecule has 0 N–H and O–H groups in total. The summed E-state index contributed by atoms with van der Waals surface area (Å²) < 4.78 is 16.7. The van der Waals surface area contributed by atoms with E-state index in [1.54, 1.807) is 6.07 Å². The first kappa shape index (κ1) is 12.9. The molecule has 18 heavy (non-hydrogen) atoms. The summed E-state index contributed by atoms with van der Waals surface area (Å²) in [5.41, 5.74) is 0. The molecule has 0 radical (unpaired) electrons. The molecule has 2 rings (SSSR count). The maximum absolute atomic E-state index is 5.56. The summed E-state index contributed by atoms with van der Waals surface area (Å²) in [5, 5.41) is 0. The van der Waals surface area contributed by atoms with Crippen molar-refractivity contribution < 1.29 is 14.2 Å². The van der Waals surface area contributed by atoms with Crippen molar-refractivity contribution in [3.63, 3.8) is 0 Å². The number of ether oxygens (including phenoxy) is 3. The van der Waals surface area contributed by atoms with Gasteiger partial charge in [-0.15, -0.1) is 0 Å². The first-order valence-corrected chi connectivity index (χ1v) is 6.19. The molecule has 0 saturated carbocycles. The van der Waals surface area contributed by atoms with Crippen LogP contribution in [0.4, 0.5) is 0 Å². The van der Waals surface area contributed by atoms with Crippen molar-refractivity contribution in [3.8, 4) is 23.5 Å². The standard InChI is InChI=1S/C12H11IN2O3/c1-16-10-7-11(17-2)15-12(14-10)18-9-5-3-4-8(13)6-9/h3-7H,1-2H3. The van der Waals surface area contributed by atoms with Crippen molar-refractivity contribution >= 4 is 22.6 Å². The summed E-state index contributed by atoms with van der Waals surface area (Å²) in [7, 11) is 3.05. The number of methoxy groups -OCH3 is 2. The molecule has 0 amide bonds. The Hall–Kier alpha value is -1.57. The minimum Gasteiger partial charge on any atom is -0.481 e. The summed E-state index contributed by atoms with van der Waals surface area (Å²) in [6, 6.07) is 9.36. The minimum absolute atomic E-state index is 0.188. The van der Waals surface area contributed by atoms with Crippen molar-refractivity contribution in [3.05, 3.63) is 33.9 Å². The Balaban J connectivity index is 2.28. The van der Waals surface area contributed by atoms with Gasteiger partial charge in [0.05, 0.1) is 20.3 Å². The predicted molar refractivity (Wildman–Crippen MR) is 74.4 cm³/mol. The Morgan fingerprint density at radius 2 is 1.67 bits per heavy atom. The highest BCUT2D eigenvalue weighted by Gasteiger charge is 2.07. The van der Waals surface area contributed by atoms with Gasteiger partial charge in [-0.05, 0) is 40.8 Å². The van der Waals surface area contributed by atoms with Gasteiger partial charge in [0.1, 0.15) is 5.75 Å². The van der Waals surface area contributed by atoms with Crippen LogP contribution in [0.1, 0.15) is 0 Å². The fourth-order valence-corrected chi connectivity index (χ4v) is 1.79. The van der Waals surface area contributed by atoms with E-state index in [9.17, 15) is 0 Å². The van der Waals surface area contributed by atoms with Gasteiger partial charge in [-0.2, -0.15) is 9.97 Å². The van der Waals surface area contributed by atoms with E-state index in [1.165, 1.54) is 14.2 Å². The monoisotopic (exact) mass is 358 g/mol. The Labute approximate surface area is 118 Å². The Bertz CT molecular complexity index is 526. The number of halogens is 1. The van der Waals surface area contributed by atoms with Gasteiger partial charge < -0.3 is 14.2 Å². The van der Waals surface area contributed by atoms with E-state index in [0.717, 1.165) is 3.57 Å². The molecule has 6 heteroatoms. The highest BCUT2D eigenvalue weighted by atomic mass is 127. The van der Waals surface area contributed by atoms with Crippen LogP contribution in [-0.4, -0.2) is 24.2 Å². The van der Waals surface area contributed by atoms with Crippen LogP contribution in [-0.2, 0) is 0 Å². The van der Waals surface area contributed by atoms with Crippen molar-refractivity contribution in [2.45, 2.75) is 0 Å². The molecule has 0 fully saturated rings. The van der Waals surface area contributed by atoms with Gasteiger partial charge in [-0.1, -0.05) is 6.07 Å². The molecule has 0 atom stereocenters. The minimum atomic E-state index is 0.188. The molecule has 0 aliphatic rings. The molecule has 0 aliphatic carbocycles. The fourth-order valence-electron chi connectivity index (χ4n) is 1.27. The maximum atomic E-state index is 5.56. The second-order valence-electron chi connectivity index (χ2n) is 3.29. The highest BCUT2D eigenvalue weighted by Crippen LogP contribution is 2.24. The van der Waals surface area contributed by atoms with Crippen LogP contribution in [0, 0.1) is 3.57 Å². The number of aromatic nitrogens is 2. The molecule has 0 spiro atoms. The average Bonchev–Trinajstić information content (AvgIpc) is 2.38. The van der Waals surface area contributed by atoms with Crippen LogP contribution in [0.5, 0.6) is 23.5 Å². The zero-order valence-electron chi connectivity index (χ0n) is 9.88. The Morgan fingerprint density at radius 3 is 2.22 bits per heavy atom. The quantitative estimate of drug-likeness (QED) is 0.787. The molecular formula is C12H11IN2O3. The first-order chi connectivity index (χ1) is 8.71. The van der Waals surface area contributed by atoms with Gasteiger partial charge in [-0.25, -0.2) is 0 Å². The summed E-state index contributed by atoms with van der Waals surface area (Å²) in [6.45, 7) is 0. The lowest BCUT2D eigenvalue weighted by atomic mass is 10.3. The molecule has 94 valence electrons. The van der Waals surface area contributed by atoms with Crippen molar-refractivity contribution in [1.29, 1.82) is 0 Å². The topological polar surface area (TPSA) is 53.5 Å². The molecule has 0 bridgehead atoms. The molecule has 1 aromatic carbocycles. The molecule has 2 aromatic rings. The van der Waals surface area contributed by atoms with Crippen LogP contribution >= 0.6 is 22.6 Å². The summed E-state index contributed by atoms with van der Waals surface area (Å²) in [6.07, 6.45) is 0. The number of rotatable bonds is 4. The average molecular weight is 358 g/mol. The van der Waals surface area contributed by atoms with E-state index in [2.05, 4.69) is 32.6 Å². The summed E-state index contributed by atoms with van der Waals surface area (Å²) in [5.74, 6) is 1.45. The van der Waals surface area contributed by atoms with Crippen molar-refractivity contribution in [2.75, 3.05) is 14.2 Å². The lowest BCUT2D eigenvalue weighted by Crippen LogP contribution is -1.97. The van der Waals surface area contributed by atoms with E-state index < -0.39 is 0 Å². The lowest BCUT2D eigenvalue weighted by Gasteiger charge is -2.07. The number of nitrogens with zero attached hydrogens (tertiary/aromatic N) is 2. The summed E-state index contributed by atoms with van der Waals surface area (Å²) in [4.78, 5) is 8.17. The number of hydrogen-bond acceptors (Lipinski definition) is 5. The zero-order chi connectivity index (χ0) is 13.0. The van der Waals surface area contributed by atoms with Gasteiger partial charge in [0.2, 0.25) is 11.8 Å². The zero-order valence-corrected chi connectivity index (χ0v) is 12.0. The smallest absolute Gasteiger partial charge is 0.328 e. The lowest BCUT2D eigenvalue weighted by molar-refractivity contribution is 0.348. The second kappa shape index (κ2) is 5.85. The van der Waals surface area contributed by atoms with Crippen LogP contribution in [0.15, 0.2) is 30.3 Å². The molecule has 0 unspecified atom stereocenters. The van der Waals surface area contributed by atoms with E-state index in [4.69, 9.17) is 14.2 Å². The highest BCUT2D eigenvalue weighted by molar-refractivity contribution is 14.1. The third kappa shape index (κ3) is 3.22.